The molecule has 3 rings (SSSR count). The Morgan fingerprint density at radius 2 is 1.20 bits per heavy atom. The molecule has 20 heavy (non-hydrogen) atoms. The summed E-state index contributed by atoms with van der Waals surface area (Å²) in [5.74, 6) is -3.85. The van der Waals surface area contributed by atoms with E-state index in [-0.39, 0.29) is 0 Å². The second kappa shape index (κ2) is 4.86. The Balaban J connectivity index is 2.24. The molecule has 0 bridgehead atoms. The highest BCUT2D eigenvalue weighted by Crippen LogP contribution is 2.47. The van der Waals surface area contributed by atoms with E-state index < -0.39 is 34.2 Å². The summed E-state index contributed by atoms with van der Waals surface area (Å²) in [5.41, 5.74) is 0. The largest absolute Gasteiger partial charge is 0.204 e. The Hall–Kier alpha value is -1.40. The topological polar surface area (TPSA) is 0 Å². The van der Waals surface area contributed by atoms with E-state index in [0.29, 0.717) is 19.6 Å². The van der Waals surface area contributed by atoms with E-state index in [2.05, 4.69) is 6.58 Å². The molecule has 0 N–H and O–H groups in total. The predicted octanol–water partition coefficient (Wildman–Crippen LogP) is 4.89. The lowest BCUT2D eigenvalue weighted by atomic mass is 10.3. The van der Waals surface area contributed by atoms with Crippen LogP contribution in [0.4, 0.5) is 17.6 Å². The molecular formula is C14H7F4S2+. The molecule has 0 nitrogen and oxygen atoms in total. The number of fused-ring (bicyclic) bond motifs is 2. The third kappa shape index (κ3) is 2.03. The van der Waals surface area contributed by atoms with Gasteiger partial charge in [-0.15, -0.1) is 0 Å². The number of rotatable bonds is 1. The third-order valence-electron chi connectivity index (χ3n) is 2.83. The van der Waals surface area contributed by atoms with Crippen molar-refractivity contribution in [2.75, 3.05) is 0 Å². The molecule has 0 radical (unpaired) electrons. The van der Waals surface area contributed by atoms with Crippen LogP contribution in [0.3, 0.4) is 0 Å². The first-order valence-electron chi connectivity index (χ1n) is 5.53. The van der Waals surface area contributed by atoms with Crippen molar-refractivity contribution >= 4 is 22.7 Å². The molecule has 0 atom stereocenters. The zero-order chi connectivity index (χ0) is 14.4. The van der Waals surface area contributed by atoms with Crippen LogP contribution in [0.25, 0.3) is 0 Å². The van der Waals surface area contributed by atoms with Gasteiger partial charge in [-0.1, -0.05) is 18.3 Å². The Morgan fingerprint density at radius 1 is 0.800 bits per heavy atom. The highest BCUT2D eigenvalue weighted by Gasteiger charge is 2.36. The molecule has 1 heterocycles. The van der Waals surface area contributed by atoms with Gasteiger partial charge in [0, 0.05) is 12.1 Å². The van der Waals surface area contributed by atoms with Crippen LogP contribution in [-0.4, -0.2) is 0 Å². The van der Waals surface area contributed by atoms with Gasteiger partial charge in [-0.05, 0) is 12.1 Å². The van der Waals surface area contributed by atoms with Crippen LogP contribution in [0, 0.1) is 23.3 Å². The SMILES string of the molecule is [13CH2]=[13CH][S+]1c2cc(F)c(F)cc2Sc2cc(F)c(F)cc21. The van der Waals surface area contributed by atoms with Gasteiger partial charge in [0.1, 0.15) is 5.41 Å². The molecule has 0 saturated carbocycles. The molecule has 1 aliphatic heterocycles. The number of hydrogen-bond acceptors (Lipinski definition) is 1. The molecule has 6 heteroatoms. The normalized spacial score (nSPS) is 13.8. The summed E-state index contributed by atoms with van der Waals surface area (Å²) in [7, 11) is -0.809. The van der Waals surface area contributed by atoms with Crippen LogP contribution in [0.2, 0.25) is 0 Å². The fourth-order valence-corrected chi connectivity index (χ4v) is 5.22. The molecule has 1 aliphatic rings. The monoisotopic (exact) mass is 317 g/mol. The van der Waals surface area contributed by atoms with Crippen molar-refractivity contribution in [3.8, 4) is 0 Å². The van der Waals surface area contributed by atoms with Gasteiger partial charge in [0.15, 0.2) is 33.1 Å². The lowest BCUT2D eigenvalue weighted by Crippen LogP contribution is -2.10. The Bertz CT molecular complexity index is 670. The van der Waals surface area contributed by atoms with Gasteiger partial charge < -0.3 is 0 Å². The second-order valence-corrected chi connectivity index (χ2v) is 7.00. The predicted molar refractivity (Wildman–Crippen MR) is 70.9 cm³/mol. The zero-order valence-corrected chi connectivity index (χ0v) is 11.6. The minimum atomic E-state index is -0.963. The molecule has 2 aromatic rings. The van der Waals surface area contributed by atoms with Crippen LogP contribution in [0.1, 0.15) is 0 Å². The summed E-state index contributed by atoms with van der Waals surface area (Å²) < 4.78 is 53.4. The third-order valence-corrected chi connectivity index (χ3v) is 6.16. The van der Waals surface area contributed by atoms with Gasteiger partial charge in [0.25, 0.3) is 0 Å². The van der Waals surface area contributed by atoms with Gasteiger partial charge in [-0.2, -0.15) is 0 Å². The molecule has 0 saturated heterocycles. The summed E-state index contributed by atoms with van der Waals surface area (Å²) in [6.45, 7) is 3.66. The summed E-state index contributed by atoms with van der Waals surface area (Å²) in [4.78, 5) is 2.04. The summed E-state index contributed by atoms with van der Waals surface area (Å²) in [6.07, 6.45) is 0. The summed E-state index contributed by atoms with van der Waals surface area (Å²) in [6, 6.07) is 4.32. The Labute approximate surface area is 119 Å². The fraction of sp³-hybridized carbons (Fsp3) is 0. The van der Waals surface area contributed by atoms with Crippen molar-refractivity contribution in [1.82, 2.24) is 0 Å². The molecular weight excluding hydrogens is 310 g/mol. The summed E-state index contributed by atoms with van der Waals surface area (Å²) >= 11 is 1.09. The van der Waals surface area contributed by atoms with Crippen LogP contribution in [0.15, 0.2) is 55.8 Å². The quantitative estimate of drug-likeness (QED) is 0.410. The number of halogens is 4. The van der Waals surface area contributed by atoms with Crippen molar-refractivity contribution < 1.29 is 17.6 Å². The zero-order valence-electron chi connectivity index (χ0n) is 9.92. The summed E-state index contributed by atoms with van der Waals surface area (Å²) in [5, 5.41) is 1.53. The van der Waals surface area contributed by atoms with Gasteiger partial charge in [-0.3, -0.25) is 0 Å². The van der Waals surface area contributed by atoms with Crippen molar-refractivity contribution in [2.45, 2.75) is 19.6 Å². The molecule has 0 aromatic heterocycles. The molecule has 2 aromatic carbocycles. The Kier molecular flexibility index (Phi) is 3.30. The maximum atomic E-state index is 13.4. The average Bonchev–Trinajstić information content (AvgIpc) is 2.40. The maximum absolute atomic E-state index is 13.4. The smallest absolute Gasteiger partial charge is 0.182 e. The van der Waals surface area contributed by atoms with E-state index in [9.17, 15) is 17.6 Å². The van der Waals surface area contributed by atoms with Crippen LogP contribution < -0.4 is 0 Å². The van der Waals surface area contributed by atoms with Crippen LogP contribution >= 0.6 is 11.8 Å². The molecule has 0 aliphatic carbocycles. The van der Waals surface area contributed by atoms with Crippen molar-refractivity contribution in [1.29, 1.82) is 0 Å². The molecule has 0 spiro atoms. The highest BCUT2D eigenvalue weighted by molar-refractivity contribution is 8.05. The first-order valence-corrected chi connectivity index (χ1v) is 7.63. The molecule has 0 unspecified atom stereocenters. The first kappa shape index (κ1) is 13.6. The lowest BCUT2D eigenvalue weighted by molar-refractivity contribution is 0.499. The van der Waals surface area contributed by atoms with E-state index in [1.54, 1.807) is 0 Å². The minimum Gasteiger partial charge on any atom is -0.204 e. The van der Waals surface area contributed by atoms with E-state index in [4.69, 9.17) is 0 Å². The van der Waals surface area contributed by atoms with Gasteiger partial charge in [0.2, 0.25) is 0 Å². The van der Waals surface area contributed by atoms with Crippen molar-refractivity contribution in [2.24, 2.45) is 0 Å². The maximum Gasteiger partial charge on any atom is 0.182 e. The van der Waals surface area contributed by atoms with E-state index in [1.165, 1.54) is 5.41 Å². The second-order valence-electron chi connectivity index (χ2n) is 4.03. The van der Waals surface area contributed by atoms with Crippen LogP contribution in [-0.2, 0) is 10.9 Å². The van der Waals surface area contributed by atoms with E-state index in [1.807, 2.05) is 0 Å². The van der Waals surface area contributed by atoms with E-state index >= 15 is 0 Å². The van der Waals surface area contributed by atoms with Gasteiger partial charge in [-0.25, -0.2) is 17.6 Å². The van der Waals surface area contributed by atoms with Crippen LogP contribution in [0.5, 0.6) is 0 Å². The lowest BCUT2D eigenvalue weighted by Gasteiger charge is -2.17. The van der Waals surface area contributed by atoms with Gasteiger partial charge in [0.05, 0.1) is 20.7 Å². The first-order chi connectivity index (χ1) is 9.51. The number of hydrogen-bond donors (Lipinski definition) is 0. The van der Waals surface area contributed by atoms with Gasteiger partial charge >= 0.3 is 0 Å². The van der Waals surface area contributed by atoms with E-state index in [0.717, 1.165) is 36.0 Å². The standard InChI is InChI=1S/C14H7F4S2/c1-2-20-13-5-9(17)7(15)3-11(13)19-12-4-8(16)10(18)6-14(12)20/h2-6H,1H2/q+1/i1+1,2+1. The highest BCUT2D eigenvalue weighted by atomic mass is 32.2. The molecule has 0 amide bonds. The minimum absolute atomic E-state index is 0.491. The average molecular weight is 317 g/mol. The Morgan fingerprint density at radius 3 is 1.60 bits per heavy atom. The fourth-order valence-electron chi connectivity index (χ4n) is 1.94. The number of benzene rings is 2. The molecule has 102 valence electrons. The molecule has 0 fully saturated rings. The van der Waals surface area contributed by atoms with Crippen molar-refractivity contribution in [3.63, 3.8) is 0 Å². The van der Waals surface area contributed by atoms with Crippen molar-refractivity contribution in [3.05, 3.63) is 59.5 Å².